The van der Waals surface area contributed by atoms with Crippen LogP contribution in [0.5, 0.6) is 0 Å². The smallest absolute Gasteiger partial charge is 0.306 e. The number of esters is 2. The third-order valence-electron chi connectivity index (χ3n) is 12.4. The summed E-state index contributed by atoms with van der Waals surface area (Å²) < 4.78 is 33.6. The number of carbonyl (C=O) groups excluding carboxylic acids is 2. The fourth-order valence-corrected chi connectivity index (χ4v) is 8.13. The number of aliphatic hydroxyl groups excluding tert-OH is 7. The van der Waals surface area contributed by atoms with Crippen molar-refractivity contribution in [2.75, 3.05) is 26.4 Å². The molecule has 0 aromatic carbocycles. The van der Waals surface area contributed by atoms with Gasteiger partial charge < -0.3 is 64.2 Å². The first kappa shape index (κ1) is 60.1. The molecule has 386 valence electrons. The molecule has 11 unspecified atom stereocenters. The van der Waals surface area contributed by atoms with E-state index in [9.17, 15) is 45.3 Å². The summed E-state index contributed by atoms with van der Waals surface area (Å²) >= 11 is 0. The molecule has 2 aliphatic rings. The van der Waals surface area contributed by atoms with Gasteiger partial charge in [0.15, 0.2) is 18.7 Å². The van der Waals surface area contributed by atoms with Gasteiger partial charge in [-0.2, -0.15) is 0 Å². The van der Waals surface area contributed by atoms with Crippen molar-refractivity contribution in [2.45, 2.75) is 261 Å². The van der Waals surface area contributed by atoms with Crippen molar-refractivity contribution < 1.29 is 73.8 Å². The lowest BCUT2D eigenvalue weighted by molar-refractivity contribution is -0.332. The van der Waals surface area contributed by atoms with E-state index in [2.05, 4.69) is 38.2 Å². The Morgan fingerprint density at radius 1 is 0.485 bits per heavy atom. The second-order valence-corrected chi connectivity index (χ2v) is 18.4. The van der Waals surface area contributed by atoms with Crippen LogP contribution in [0.15, 0.2) is 24.3 Å². The average molecular weight is 945 g/mol. The van der Waals surface area contributed by atoms with Gasteiger partial charge in [0.2, 0.25) is 0 Å². The molecule has 15 nitrogen and oxygen atoms in total. The van der Waals surface area contributed by atoms with Crippen LogP contribution >= 0.6 is 0 Å². The van der Waals surface area contributed by atoms with Crippen LogP contribution in [-0.2, 0) is 38.0 Å². The van der Waals surface area contributed by atoms with Gasteiger partial charge >= 0.3 is 11.9 Å². The number of hydrogen-bond donors (Lipinski definition) is 7. The number of ether oxygens (including phenoxy) is 6. The molecular weight excluding hydrogens is 853 g/mol. The molecule has 2 rings (SSSR count). The molecule has 2 saturated heterocycles. The second kappa shape index (κ2) is 38.8. The minimum Gasteiger partial charge on any atom is -0.462 e. The first-order chi connectivity index (χ1) is 32.0. The highest BCUT2D eigenvalue weighted by Crippen LogP contribution is 2.26. The van der Waals surface area contributed by atoms with Crippen LogP contribution in [0.25, 0.3) is 0 Å². The summed E-state index contributed by atoms with van der Waals surface area (Å²) in [7, 11) is 0. The Balaban J connectivity index is 1.80. The van der Waals surface area contributed by atoms with E-state index >= 15 is 0 Å². The van der Waals surface area contributed by atoms with Crippen molar-refractivity contribution in [1.82, 2.24) is 0 Å². The highest BCUT2D eigenvalue weighted by Gasteiger charge is 2.47. The minimum absolute atomic E-state index is 0.159. The van der Waals surface area contributed by atoms with Gasteiger partial charge in [-0.3, -0.25) is 9.59 Å². The normalized spacial score (nSPS) is 26.3. The summed E-state index contributed by atoms with van der Waals surface area (Å²) in [5, 5.41) is 72.0. The average Bonchev–Trinajstić information content (AvgIpc) is 3.31. The van der Waals surface area contributed by atoms with Crippen LogP contribution in [0.1, 0.15) is 194 Å². The van der Waals surface area contributed by atoms with Crippen molar-refractivity contribution >= 4 is 11.9 Å². The number of allylic oxidation sites excluding steroid dienone is 4. The predicted molar refractivity (Wildman–Crippen MR) is 252 cm³/mol. The van der Waals surface area contributed by atoms with Gasteiger partial charge in [-0.15, -0.1) is 0 Å². The van der Waals surface area contributed by atoms with Gasteiger partial charge in [0.1, 0.15) is 55.4 Å². The van der Waals surface area contributed by atoms with Crippen LogP contribution in [0.2, 0.25) is 0 Å². The standard InChI is InChI=1S/C51H92O15/c1-3-5-7-9-11-13-15-17-18-19-20-21-22-24-26-28-30-32-34-43(54)64-39(36-61-42(53)33-31-29-27-25-23-16-14-12-10-8-6-4-2)37-62-50-49(60)47(58)45(56)41(66-50)38-63-51-48(59)46(57)44(55)40(35-52)65-51/h13,15,18-19,39-41,44-52,55-60H,3-12,14,16-17,20-38H2,1-2H3/b15-13-,19-18-. The van der Waals surface area contributed by atoms with Crippen molar-refractivity contribution in [3.63, 3.8) is 0 Å². The molecule has 0 aromatic heterocycles. The van der Waals surface area contributed by atoms with Crippen molar-refractivity contribution in [3.8, 4) is 0 Å². The molecule has 0 spiro atoms. The summed E-state index contributed by atoms with van der Waals surface area (Å²) in [5.41, 5.74) is 0. The lowest BCUT2D eigenvalue weighted by atomic mass is 9.98. The Kier molecular flexibility index (Phi) is 35.3. The van der Waals surface area contributed by atoms with Gasteiger partial charge in [0.25, 0.3) is 0 Å². The Labute approximate surface area is 396 Å². The van der Waals surface area contributed by atoms with Crippen LogP contribution in [0.4, 0.5) is 0 Å². The minimum atomic E-state index is -1.76. The fourth-order valence-electron chi connectivity index (χ4n) is 8.13. The highest BCUT2D eigenvalue weighted by atomic mass is 16.7. The molecule has 0 saturated carbocycles. The van der Waals surface area contributed by atoms with E-state index in [0.717, 1.165) is 64.2 Å². The zero-order valence-corrected chi connectivity index (χ0v) is 40.7. The lowest BCUT2D eigenvalue weighted by Crippen LogP contribution is -2.61. The summed E-state index contributed by atoms with van der Waals surface area (Å²) in [5.74, 6) is -0.928. The molecule has 7 N–H and O–H groups in total. The summed E-state index contributed by atoms with van der Waals surface area (Å²) in [6.07, 6.45) is 22.0. The SMILES string of the molecule is CCCCCC/C=C\C/C=C\CCCCCCCCCC(=O)OC(COC(=O)CCCCCCCCCCCCCC)COC1OC(COC2OC(CO)C(O)C(O)C2O)C(O)C(O)C1O. The van der Waals surface area contributed by atoms with Gasteiger partial charge in [-0.05, 0) is 44.9 Å². The first-order valence-electron chi connectivity index (χ1n) is 25.9. The van der Waals surface area contributed by atoms with Gasteiger partial charge in [0.05, 0.1) is 19.8 Å². The maximum Gasteiger partial charge on any atom is 0.306 e. The number of rotatable bonds is 40. The Bertz CT molecular complexity index is 1250. The molecule has 0 aromatic rings. The molecule has 0 bridgehead atoms. The second-order valence-electron chi connectivity index (χ2n) is 18.4. The van der Waals surface area contributed by atoms with Crippen molar-refractivity contribution in [1.29, 1.82) is 0 Å². The molecule has 2 heterocycles. The molecule has 2 fully saturated rings. The largest absolute Gasteiger partial charge is 0.462 e. The number of carbonyl (C=O) groups is 2. The van der Waals surface area contributed by atoms with E-state index in [-0.39, 0.29) is 26.1 Å². The molecule has 0 amide bonds. The highest BCUT2D eigenvalue weighted by molar-refractivity contribution is 5.70. The monoisotopic (exact) mass is 945 g/mol. The lowest BCUT2D eigenvalue weighted by Gasteiger charge is -2.42. The third kappa shape index (κ3) is 26.7. The van der Waals surface area contributed by atoms with E-state index in [1.165, 1.54) is 89.9 Å². The number of hydrogen-bond acceptors (Lipinski definition) is 15. The Hall–Kier alpha value is -2.02. The predicted octanol–water partition coefficient (Wildman–Crippen LogP) is 7.16. The first-order valence-corrected chi connectivity index (χ1v) is 25.9. The van der Waals surface area contributed by atoms with E-state index in [4.69, 9.17) is 28.4 Å². The summed E-state index contributed by atoms with van der Waals surface area (Å²) in [6.45, 7) is 2.57. The van der Waals surface area contributed by atoms with Crippen molar-refractivity contribution in [3.05, 3.63) is 24.3 Å². The topological polar surface area (TPSA) is 231 Å². The number of aliphatic hydroxyl groups is 7. The molecule has 15 heteroatoms. The van der Waals surface area contributed by atoms with Crippen molar-refractivity contribution in [2.24, 2.45) is 0 Å². The molecule has 11 atom stereocenters. The molecule has 0 aliphatic carbocycles. The zero-order chi connectivity index (χ0) is 48.2. The summed E-state index contributed by atoms with van der Waals surface area (Å²) in [4.78, 5) is 25.7. The molecule has 0 radical (unpaired) electrons. The van der Waals surface area contributed by atoms with E-state index in [0.29, 0.717) is 12.8 Å². The fraction of sp³-hybridized carbons (Fsp3) is 0.882. The van der Waals surface area contributed by atoms with E-state index < -0.39 is 92.7 Å². The zero-order valence-electron chi connectivity index (χ0n) is 40.7. The van der Waals surface area contributed by atoms with Crippen LogP contribution in [0, 0.1) is 0 Å². The number of unbranched alkanes of at least 4 members (excludes halogenated alkanes) is 22. The maximum absolute atomic E-state index is 13.0. The Morgan fingerprint density at radius 3 is 1.42 bits per heavy atom. The van der Waals surface area contributed by atoms with Gasteiger partial charge in [0, 0.05) is 12.8 Å². The third-order valence-corrected chi connectivity index (χ3v) is 12.4. The quantitative estimate of drug-likeness (QED) is 0.0184. The van der Waals surface area contributed by atoms with Gasteiger partial charge in [-0.1, -0.05) is 160 Å². The molecule has 66 heavy (non-hydrogen) atoms. The van der Waals surface area contributed by atoms with Crippen LogP contribution < -0.4 is 0 Å². The Morgan fingerprint density at radius 2 is 0.909 bits per heavy atom. The van der Waals surface area contributed by atoms with Gasteiger partial charge in [-0.25, -0.2) is 0 Å². The molecule has 2 aliphatic heterocycles. The van der Waals surface area contributed by atoms with E-state index in [1.807, 2.05) is 0 Å². The van der Waals surface area contributed by atoms with Crippen LogP contribution in [0.3, 0.4) is 0 Å². The summed E-state index contributed by atoms with van der Waals surface area (Å²) in [6, 6.07) is 0. The molecular formula is C51H92O15. The maximum atomic E-state index is 13.0. The van der Waals surface area contributed by atoms with E-state index in [1.54, 1.807) is 0 Å². The van der Waals surface area contributed by atoms with Crippen LogP contribution in [-0.4, -0.2) is 142 Å².